The van der Waals surface area contributed by atoms with Crippen molar-refractivity contribution in [3.63, 3.8) is 0 Å². The lowest BCUT2D eigenvalue weighted by Crippen LogP contribution is -2.13. The summed E-state index contributed by atoms with van der Waals surface area (Å²) in [5, 5.41) is 13.0. The monoisotopic (exact) mass is 349 g/mol. The topological polar surface area (TPSA) is 50.7 Å². The fraction of sp³-hybridized carbons (Fsp3) is 0.250. The molecule has 2 N–H and O–H groups in total. The van der Waals surface area contributed by atoms with Crippen molar-refractivity contribution in [2.45, 2.75) is 13.0 Å². The van der Waals surface area contributed by atoms with Gasteiger partial charge in [0.1, 0.15) is 23.9 Å². The van der Waals surface area contributed by atoms with Gasteiger partial charge in [-0.05, 0) is 36.8 Å². The second-order valence-corrected chi connectivity index (χ2v) is 5.95. The molecule has 2 aromatic carbocycles. The Kier molecular flexibility index (Phi) is 3.68. The summed E-state index contributed by atoms with van der Waals surface area (Å²) < 4.78 is 12.1. The predicted octanol–water partition coefficient (Wildman–Crippen LogP) is 4.02. The molecule has 0 fully saturated rings. The number of ether oxygens (including phenoxy) is 2. The van der Waals surface area contributed by atoms with Gasteiger partial charge < -0.3 is 19.9 Å². The van der Waals surface area contributed by atoms with Crippen LogP contribution in [-0.4, -0.2) is 18.8 Å². The first-order valence-electron chi connectivity index (χ1n) is 6.65. The largest absolute Gasteiger partial charge is 0.508 e. The van der Waals surface area contributed by atoms with E-state index >= 15 is 0 Å². The number of phenolic OH excluding ortho intramolecular Hbond substituents is 1. The van der Waals surface area contributed by atoms with Crippen molar-refractivity contribution in [1.29, 1.82) is 0 Å². The van der Waals surface area contributed by atoms with Gasteiger partial charge in [-0.1, -0.05) is 15.9 Å². The van der Waals surface area contributed by atoms with E-state index in [2.05, 4.69) is 21.2 Å². The Morgan fingerprint density at radius 1 is 1.33 bits per heavy atom. The number of phenols is 1. The third-order valence-electron chi connectivity index (χ3n) is 3.58. The van der Waals surface area contributed by atoms with Gasteiger partial charge in [0.2, 0.25) is 0 Å². The van der Waals surface area contributed by atoms with E-state index in [0.717, 1.165) is 32.8 Å². The zero-order chi connectivity index (χ0) is 15.0. The molecule has 1 atom stereocenters. The molecule has 1 aliphatic rings. The second-order valence-electron chi connectivity index (χ2n) is 5.03. The minimum Gasteiger partial charge on any atom is -0.508 e. The number of benzene rings is 2. The molecule has 2 aromatic rings. The lowest BCUT2D eigenvalue weighted by molar-refractivity contribution is 0.337. The van der Waals surface area contributed by atoms with Gasteiger partial charge >= 0.3 is 0 Å². The normalized spacial score (nSPS) is 16.2. The summed E-state index contributed by atoms with van der Waals surface area (Å²) in [4.78, 5) is 0. The smallest absolute Gasteiger partial charge is 0.143 e. The van der Waals surface area contributed by atoms with E-state index in [0.29, 0.717) is 6.61 Å². The summed E-state index contributed by atoms with van der Waals surface area (Å²) in [5.74, 6) is 1.72. The molecule has 1 heterocycles. The van der Waals surface area contributed by atoms with Gasteiger partial charge in [0, 0.05) is 16.1 Å². The van der Waals surface area contributed by atoms with Gasteiger partial charge in [-0.25, -0.2) is 0 Å². The minimum absolute atomic E-state index is 0.0365. The maximum Gasteiger partial charge on any atom is 0.143 e. The van der Waals surface area contributed by atoms with Crippen LogP contribution in [0.3, 0.4) is 0 Å². The van der Waals surface area contributed by atoms with Crippen molar-refractivity contribution in [3.05, 3.63) is 45.9 Å². The number of halogens is 1. The molecular weight excluding hydrogens is 334 g/mol. The quantitative estimate of drug-likeness (QED) is 0.878. The molecule has 0 saturated heterocycles. The highest BCUT2D eigenvalue weighted by molar-refractivity contribution is 9.10. The van der Waals surface area contributed by atoms with Crippen LogP contribution in [0.15, 0.2) is 34.8 Å². The van der Waals surface area contributed by atoms with Crippen LogP contribution in [0.1, 0.15) is 17.2 Å². The van der Waals surface area contributed by atoms with Gasteiger partial charge in [-0.15, -0.1) is 0 Å². The Morgan fingerprint density at radius 3 is 2.90 bits per heavy atom. The molecule has 0 amide bonds. The van der Waals surface area contributed by atoms with Gasteiger partial charge in [0.25, 0.3) is 0 Å². The molecule has 1 aliphatic heterocycles. The lowest BCUT2D eigenvalue weighted by Gasteiger charge is -2.18. The maximum atomic E-state index is 9.50. The van der Waals surface area contributed by atoms with E-state index in [1.54, 1.807) is 19.2 Å². The molecular formula is C16H16BrNO3. The van der Waals surface area contributed by atoms with Crippen molar-refractivity contribution in [2.24, 2.45) is 0 Å². The second kappa shape index (κ2) is 5.48. The molecule has 21 heavy (non-hydrogen) atoms. The highest BCUT2D eigenvalue weighted by Crippen LogP contribution is 2.40. The first kappa shape index (κ1) is 14.1. The average Bonchev–Trinajstić information content (AvgIpc) is 2.83. The lowest BCUT2D eigenvalue weighted by atomic mass is 10.1. The summed E-state index contributed by atoms with van der Waals surface area (Å²) in [5.41, 5.74) is 3.08. The number of aromatic hydroxyl groups is 1. The molecule has 0 saturated carbocycles. The molecule has 0 bridgehead atoms. The standard InChI is InChI=1S/C16H16BrNO3/c1-9-5-10(17)6-15(20-2)16(9)18-13-8-21-14-7-11(19)3-4-12(13)14/h3-7,13,18-19H,8H2,1-2H3. The fourth-order valence-corrected chi connectivity index (χ4v) is 3.10. The van der Waals surface area contributed by atoms with Crippen molar-refractivity contribution < 1.29 is 14.6 Å². The zero-order valence-corrected chi connectivity index (χ0v) is 13.4. The maximum absolute atomic E-state index is 9.50. The number of hydrogen-bond donors (Lipinski definition) is 2. The van der Waals surface area contributed by atoms with Crippen LogP contribution in [0.25, 0.3) is 0 Å². The van der Waals surface area contributed by atoms with Crippen LogP contribution in [-0.2, 0) is 0 Å². The Bertz CT molecular complexity index is 687. The Labute approximate surface area is 131 Å². The summed E-state index contributed by atoms with van der Waals surface area (Å²) in [7, 11) is 1.66. The van der Waals surface area contributed by atoms with E-state index in [1.807, 2.05) is 25.1 Å². The number of methoxy groups -OCH3 is 1. The van der Waals surface area contributed by atoms with Crippen LogP contribution in [0.4, 0.5) is 5.69 Å². The SMILES string of the molecule is COc1cc(Br)cc(C)c1NC1COc2cc(O)ccc21. The van der Waals surface area contributed by atoms with E-state index in [4.69, 9.17) is 9.47 Å². The van der Waals surface area contributed by atoms with Gasteiger partial charge in [0.15, 0.2) is 0 Å². The Hall–Kier alpha value is -1.88. The fourth-order valence-electron chi connectivity index (χ4n) is 2.55. The molecule has 0 radical (unpaired) electrons. The van der Waals surface area contributed by atoms with E-state index < -0.39 is 0 Å². The minimum atomic E-state index is 0.0365. The number of fused-ring (bicyclic) bond motifs is 1. The molecule has 0 aromatic heterocycles. The summed E-state index contributed by atoms with van der Waals surface area (Å²) >= 11 is 3.47. The van der Waals surface area contributed by atoms with Crippen LogP contribution >= 0.6 is 15.9 Å². The van der Waals surface area contributed by atoms with Crippen LogP contribution in [0.5, 0.6) is 17.2 Å². The van der Waals surface area contributed by atoms with Crippen molar-refractivity contribution >= 4 is 21.6 Å². The molecule has 0 spiro atoms. The molecule has 1 unspecified atom stereocenters. The van der Waals surface area contributed by atoms with E-state index in [9.17, 15) is 5.11 Å². The zero-order valence-electron chi connectivity index (χ0n) is 11.8. The van der Waals surface area contributed by atoms with Crippen molar-refractivity contribution in [2.75, 3.05) is 19.0 Å². The number of aryl methyl sites for hydroxylation is 1. The number of anilines is 1. The first-order chi connectivity index (χ1) is 10.1. The third-order valence-corrected chi connectivity index (χ3v) is 4.04. The summed E-state index contributed by atoms with van der Waals surface area (Å²) in [6.45, 7) is 2.56. The van der Waals surface area contributed by atoms with E-state index in [1.165, 1.54) is 0 Å². The van der Waals surface area contributed by atoms with Crippen LogP contribution in [0, 0.1) is 6.92 Å². The summed E-state index contributed by atoms with van der Waals surface area (Å²) in [6, 6.07) is 9.21. The molecule has 4 nitrogen and oxygen atoms in total. The summed E-state index contributed by atoms with van der Waals surface area (Å²) in [6.07, 6.45) is 0. The predicted molar refractivity (Wildman–Crippen MR) is 85.4 cm³/mol. The molecule has 110 valence electrons. The number of nitrogens with one attached hydrogen (secondary N) is 1. The highest BCUT2D eigenvalue weighted by Gasteiger charge is 2.25. The molecule has 3 rings (SSSR count). The number of hydrogen-bond acceptors (Lipinski definition) is 4. The highest BCUT2D eigenvalue weighted by atomic mass is 79.9. The molecule has 5 heteroatoms. The number of rotatable bonds is 3. The van der Waals surface area contributed by atoms with Crippen LogP contribution < -0.4 is 14.8 Å². The van der Waals surface area contributed by atoms with Gasteiger partial charge in [-0.2, -0.15) is 0 Å². The third kappa shape index (κ3) is 2.65. The van der Waals surface area contributed by atoms with Crippen LogP contribution in [0.2, 0.25) is 0 Å². The van der Waals surface area contributed by atoms with Gasteiger partial charge in [0.05, 0.1) is 18.8 Å². The van der Waals surface area contributed by atoms with Crippen molar-refractivity contribution in [1.82, 2.24) is 0 Å². The average molecular weight is 350 g/mol. The molecule has 0 aliphatic carbocycles. The first-order valence-corrected chi connectivity index (χ1v) is 7.44. The van der Waals surface area contributed by atoms with Gasteiger partial charge in [-0.3, -0.25) is 0 Å². The Balaban J connectivity index is 1.93. The van der Waals surface area contributed by atoms with Crippen molar-refractivity contribution in [3.8, 4) is 17.2 Å². The van der Waals surface area contributed by atoms with E-state index in [-0.39, 0.29) is 11.8 Å². The Morgan fingerprint density at radius 2 is 2.14 bits per heavy atom.